The smallest absolute Gasteiger partial charge is 0.257 e. The lowest BCUT2D eigenvalue weighted by Gasteiger charge is -2.29. The molecule has 1 aliphatic rings. The first-order valence-electron chi connectivity index (χ1n) is 8.04. The lowest BCUT2D eigenvalue weighted by atomic mass is 9.85. The van der Waals surface area contributed by atoms with Crippen molar-refractivity contribution in [2.24, 2.45) is 5.92 Å². The summed E-state index contributed by atoms with van der Waals surface area (Å²) >= 11 is 0. The molecule has 1 aromatic rings. The minimum Gasteiger partial charge on any atom is -0.354 e. The van der Waals surface area contributed by atoms with Crippen LogP contribution < -0.4 is 10.6 Å². The molecule has 132 valence electrons. The SMILES string of the molecule is CC(C)NC(=O)[C@H]1CCC[C@@H](NC(=O)c2c(F)ccc(F)c2F)C1. The fourth-order valence-electron chi connectivity index (χ4n) is 2.95. The van der Waals surface area contributed by atoms with Gasteiger partial charge in [0.25, 0.3) is 5.91 Å². The van der Waals surface area contributed by atoms with Gasteiger partial charge in [0.1, 0.15) is 11.4 Å². The molecule has 1 aromatic carbocycles. The number of nitrogens with one attached hydrogen (secondary N) is 2. The van der Waals surface area contributed by atoms with Crippen molar-refractivity contribution in [3.8, 4) is 0 Å². The minimum absolute atomic E-state index is 0.0166. The van der Waals surface area contributed by atoms with Gasteiger partial charge in [-0.25, -0.2) is 13.2 Å². The zero-order chi connectivity index (χ0) is 17.9. The lowest BCUT2D eigenvalue weighted by Crippen LogP contribution is -2.44. The summed E-state index contributed by atoms with van der Waals surface area (Å²) in [5, 5.41) is 5.34. The van der Waals surface area contributed by atoms with Gasteiger partial charge in [-0.3, -0.25) is 9.59 Å². The van der Waals surface area contributed by atoms with E-state index in [2.05, 4.69) is 10.6 Å². The fraction of sp³-hybridized carbons (Fsp3) is 0.529. The second-order valence-corrected chi connectivity index (χ2v) is 6.42. The molecule has 24 heavy (non-hydrogen) atoms. The van der Waals surface area contributed by atoms with Crippen molar-refractivity contribution in [2.75, 3.05) is 0 Å². The van der Waals surface area contributed by atoms with Gasteiger partial charge < -0.3 is 10.6 Å². The van der Waals surface area contributed by atoms with E-state index in [4.69, 9.17) is 0 Å². The van der Waals surface area contributed by atoms with Crippen LogP contribution in [0.25, 0.3) is 0 Å². The van der Waals surface area contributed by atoms with Crippen molar-refractivity contribution < 1.29 is 22.8 Å². The largest absolute Gasteiger partial charge is 0.354 e. The number of benzene rings is 1. The van der Waals surface area contributed by atoms with Gasteiger partial charge in [0, 0.05) is 18.0 Å². The highest BCUT2D eigenvalue weighted by Gasteiger charge is 2.30. The Bertz CT molecular complexity index is 635. The van der Waals surface area contributed by atoms with E-state index >= 15 is 0 Å². The van der Waals surface area contributed by atoms with Gasteiger partial charge in [0.2, 0.25) is 5.91 Å². The summed E-state index contributed by atoms with van der Waals surface area (Å²) in [5.74, 6) is -5.24. The fourth-order valence-corrected chi connectivity index (χ4v) is 2.95. The quantitative estimate of drug-likeness (QED) is 0.827. The van der Waals surface area contributed by atoms with Crippen LogP contribution in [-0.2, 0) is 4.79 Å². The molecule has 2 rings (SSSR count). The Balaban J connectivity index is 2.04. The molecule has 0 spiro atoms. The molecule has 2 amide bonds. The summed E-state index contributed by atoms with van der Waals surface area (Å²) in [7, 11) is 0. The van der Waals surface area contributed by atoms with Gasteiger partial charge in [-0.05, 0) is 45.2 Å². The molecule has 0 saturated heterocycles. The second kappa shape index (κ2) is 7.68. The first-order chi connectivity index (χ1) is 11.3. The summed E-state index contributed by atoms with van der Waals surface area (Å²) in [6, 6.07) is 0.987. The zero-order valence-electron chi connectivity index (χ0n) is 13.7. The molecular weight excluding hydrogens is 321 g/mol. The number of rotatable bonds is 4. The summed E-state index contributed by atoms with van der Waals surface area (Å²) < 4.78 is 40.5. The van der Waals surface area contributed by atoms with Crippen LogP contribution in [0.15, 0.2) is 12.1 Å². The Hall–Kier alpha value is -2.05. The Labute approximate surface area is 138 Å². The maximum atomic E-state index is 13.7. The molecule has 0 aliphatic heterocycles. The second-order valence-electron chi connectivity index (χ2n) is 6.42. The van der Waals surface area contributed by atoms with Crippen LogP contribution in [-0.4, -0.2) is 23.9 Å². The highest BCUT2D eigenvalue weighted by Crippen LogP contribution is 2.25. The van der Waals surface area contributed by atoms with Crippen LogP contribution in [0.5, 0.6) is 0 Å². The van der Waals surface area contributed by atoms with Crippen molar-refractivity contribution in [3.63, 3.8) is 0 Å². The van der Waals surface area contributed by atoms with Crippen LogP contribution in [0, 0.1) is 23.4 Å². The molecule has 7 heteroatoms. The zero-order valence-corrected chi connectivity index (χ0v) is 13.7. The molecule has 1 fully saturated rings. The summed E-state index contributed by atoms with van der Waals surface area (Å²) in [5.41, 5.74) is -0.927. The Morgan fingerprint density at radius 1 is 1.12 bits per heavy atom. The summed E-state index contributed by atoms with van der Waals surface area (Å²) in [4.78, 5) is 24.2. The molecule has 2 N–H and O–H groups in total. The number of hydrogen-bond acceptors (Lipinski definition) is 2. The Morgan fingerprint density at radius 2 is 1.79 bits per heavy atom. The maximum Gasteiger partial charge on any atom is 0.257 e. The summed E-state index contributed by atoms with van der Waals surface area (Å²) in [6.45, 7) is 3.71. The molecule has 0 heterocycles. The normalized spacial score (nSPS) is 20.8. The van der Waals surface area contributed by atoms with Gasteiger partial charge in [0.05, 0.1) is 0 Å². The Kier molecular flexibility index (Phi) is 5.85. The number of carbonyl (C=O) groups is 2. The maximum absolute atomic E-state index is 13.7. The number of carbonyl (C=O) groups excluding carboxylic acids is 2. The van der Waals surface area contributed by atoms with Crippen LogP contribution in [0.2, 0.25) is 0 Å². The third kappa shape index (κ3) is 4.27. The summed E-state index contributed by atoms with van der Waals surface area (Å²) in [6.07, 6.45) is 2.42. The molecule has 1 saturated carbocycles. The first-order valence-corrected chi connectivity index (χ1v) is 8.04. The van der Waals surface area contributed by atoms with E-state index < -0.39 is 28.9 Å². The monoisotopic (exact) mass is 342 g/mol. The van der Waals surface area contributed by atoms with Crippen molar-refractivity contribution in [2.45, 2.75) is 51.6 Å². The minimum atomic E-state index is -1.50. The number of hydrogen-bond donors (Lipinski definition) is 2. The van der Waals surface area contributed by atoms with Crippen LogP contribution in [0.1, 0.15) is 49.9 Å². The van der Waals surface area contributed by atoms with Gasteiger partial charge in [-0.1, -0.05) is 6.42 Å². The average Bonchev–Trinajstić information content (AvgIpc) is 2.51. The van der Waals surface area contributed by atoms with Gasteiger partial charge in [0.15, 0.2) is 11.6 Å². The van der Waals surface area contributed by atoms with Crippen molar-refractivity contribution in [1.29, 1.82) is 0 Å². The number of halogens is 3. The van der Waals surface area contributed by atoms with Crippen molar-refractivity contribution in [1.82, 2.24) is 10.6 Å². The standard InChI is InChI=1S/C17H21F3N2O2/c1-9(2)21-16(23)10-4-3-5-11(8-10)22-17(24)14-12(18)6-7-13(19)15(14)20/h6-7,9-11H,3-5,8H2,1-2H3,(H,21,23)(H,22,24)/t10-,11+/m0/s1. The van der Waals surface area contributed by atoms with Crippen LogP contribution >= 0.6 is 0 Å². The van der Waals surface area contributed by atoms with Gasteiger partial charge >= 0.3 is 0 Å². The highest BCUT2D eigenvalue weighted by molar-refractivity contribution is 5.95. The van der Waals surface area contributed by atoms with Crippen LogP contribution in [0.4, 0.5) is 13.2 Å². The topological polar surface area (TPSA) is 58.2 Å². The molecule has 0 aromatic heterocycles. The van der Waals surface area contributed by atoms with Gasteiger partial charge in [-0.15, -0.1) is 0 Å². The molecular formula is C17H21F3N2O2. The molecule has 0 unspecified atom stereocenters. The Morgan fingerprint density at radius 3 is 2.46 bits per heavy atom. The van der Waals surface area contributed by atoms with E-state index in [-0.39, 0.29) is 23.9 Å². The average molecular weight is 342 g/mol. The van der Waals surface area contributed by atoms with Crippen molar-refractivity contribution >= 4 is 11.8 Å². The van der Waals surface area contributed by atoms with E-state index in [1.165, 1.54) is 0 Å². The molecule has 2 atom stereocenters. The first kappa shape index (κ1) is 18.3. The van der Waals surface area contributed by atoms with Crippen molar-refractivity contribution in [3.05, 3.63) is 35.1 Å². The third-order valence-electron chi connectivity index (χ3n) is 4.08. The van der Waals surface area contributed by atoms with E-state index in [9.17, 15) is 22.8 Å². The van der Waals surface area contributed by atoms with Crippen LogP contribution in [0.3, 0.4) is 0 Å². The molecule has 0 bridgehead atoms. The third-order valence-corrected chi connectivity index (χ3v) is 4.08. The predicted octanol–water partition coefficient (Wildman–Crippen LogP) is 2.92. The van der Waals surface area contributed by atoms with E-state index in [0.717, 1.165) is 6.42 Å². The van der Waals surface area contributed by atoms with E-state index in [0.29, 0.717) is 31.4 Å². The predicted molar refractivity (Wildman–Crippen MR) is 82.8 cm³/mol. The van der Waals surface area contributed by atoms with E-state index in [1.54, 1.807) is 0 Å². The number of amides is 2. The highest BCUT2D eigenvalue weighted by atomic mass is 19.2. The lowest BCUT2D eigenvalue weighted by molar-refractivity contribution is -0.126. The van der Waals surface area contributed by atoms with E-state index in [1.807, 2.05) is 13.8 Å². The molecule has 0 radical (unpaired) electrons. The molecule has 4 nitrogen and oxygen atoms in total. The van der Waals surface area contributed by atoms with Gasteiger partial charge in [-0.2, -0.15) is 0 Å². The molecule has 1 aliphatic carbocycles.